The van der Waals surface area contributed by atoms with E-state index in [1.54, 1.807) is 18.1 Å². The third-order valence-electron chi connectivity index (χ3n) is 5.26. The molecule has 2 aliphatic heterocycles. The average molecular weight is 391 g/mol. The number of fused-ring (bicyclic) bond motifs is 1. The predicted octanol–water partition coefficient (Wildman–Crippen LogP) is 2.82. The first-order chi connectivity index (χ1) is 13.1. The van der Waals surface area contributed by atoms with E-state index >= 15 is 0 Å². The van der Waals surface area contributed by atoms with Gasteiger partial charge in [-0.1, -0.05) is 6.07 Å². The van der Waals surface area contributed by atoms with Crippen molar-refractivity contribution in [3.63, 3.8) is 0 Å². The molecule has 0 saturated carbocycles. The zero-order chi connectivity index (χ0) is 19.0. The van der Waals surface area contributed by atoms with E-state index in [1.807, 2.05) is 11.0 Å². The summed E-state index contributed by atoms with van der Waals surface area (Å²) in [6.45, 7) is 2.67. The first kappa shape index (κ1) is 18.2. The average Bonchev–Trinajstić information content (AvgIpc) is 3.26. The number of nitrogens with zero attached hydrogens (tertiary/aromatic N) is 2. The standard InChI is InChI=1S/C19H22FN3O3S/c1-26-11-13-16-14(20)5-2-6-15(16)27-17(13)18(24)22-8-3-4-12(10-22)23-9-7-21-19(23)25/h2,5-6,12H,3-4,7-11H2,1H3,(H,21,25). The molecule has 2 saturated heterocycles. The lowest BCUT2D eigenvalue weighted by molar-refractivity contribution is 0.0635. The number of thiophene rings is 1. The fourth-order valence-corrected chi connectivity index (χ4v) is 5.18. The van der Waals surface area contributed by atoms with Gasteiger partial charge in [0.25, 0.3) is 5.91 Å². The largest absolute Gasteiger partial charge is 0.380 e. The molecule has 2 aliphatic rings. The van der Waals surface area contributed by atoms with Gasteiger partial charge in [0.1, 0.15) is 5.82 Å². The summed E-state index contributed by atoms with van der Waals surface area (Å²) in [7, 11) is 1.54. The molecule has 0 radical (unpaired) electrons. The number of carbonyl (C=O) groups excluding carboxylic acids is 2. The van der Waals surface area contributed by atoms with Gasteiger partial charge in [0.05, 0.1) is 17.5 Å². The lowest BCUT2D eigenvalue weighted by Gasteiger charge is -2.37. The lowest BCUT2D eigenvalue weighted by atomic mass is 10.0. The highest BCUT2D eigenvalue weighted by molar-refractivity contribution is 7.21. The summed E-state index contributed by atoms with van der Waals surface area (Å²) in [6.07, 6.45) is 1.74. The first-order valence-electron chi connectivity index (χ1n) is 9.12. The number of ether oxygens (including phenoxy) is 1. The summed E-state index contributed by atoms with van der Waals surface area (Å²) < 4.78 is 20.4. The summed E-state index contributed by atoms with van der Waals surface area (Å²) >= 11 is 1.31. The Morgan fingerprint density at radius 1 is 1.41 bits per heavy atom. The molecular weight excluding hydrogens is 369 g/mol. The molecule has 1 unspecified atom stereocenters. The minimum Gasteiger partial charge on any atom is -0.380 e. The van der Waals surface area contributed by atoms with Gasteiger partial charge in [-0.25, -0.2) is 9.18 Å². The van der Waals surface area contributed by atoms with Crippen LogP contribution in [0.5, 0.6) is 0 Å². The fraction of sp³-hybridized carbons (Fsp3) is 0.474. The van der Waals surface area contributed by atoms with E-state index in [0.717, 1.165) is 17.5 Å². The number of piperidine rings is 1. The quantitative estimate of drug-likeness (QED) is 0.872. The van der Waals surface area contributed by atoms with Crippen LogP contribution in [-0.2, 0) is 11.3 Å². The highest BCUT2D eigenvalue weighted by atomic mass is 32.1. The molecule has 4 rings (SSSR count). The zero-order valence-corrected chi connectivity index (χ0v) is 16.0. The van der Waals surface area contributed by atoms with Gasteiger partial charge in [0, 0.05) is 48.9 Å². The van der Waals surface area contributed by atoms with Crippen molar-refractivity contribution in [2.45, 2.75) is 25.5 Å². The monoisotopic (exact) mass is 391 g/mol. The van der Waals surface area contributed by atoms with E-state index in [0.29, 0.717) is 42.0 Å². The van der Waals surface area contributed by atoms with Crippen LogP contribution in [0.15, 0.2) is 18.2 Å². The van der Waals surface area contributed by atoms with Gasteiger partial charge in [0.2, 0.25) is 0 Å². The Kier molecular flexibility index (Phi) is 5.01. The van der Waals surface area contributed by atoms with Crippen molar-refractivity contribution in [3.05, 3.63) is 34.5 Å². The lowest BCUT2D eigenvalue weighted by Crippen LogP contribution is -2.50. The number of urea groups is 1. The van der Waals surface area contributed by atoms with Crippen molar-refractivity contribution in [2.24, 2.45) is 0 Å². The number of amides is 3. The van der Waals surface area contributed by atoms with Crippen molar-refractivity contribution in [2.75, 3.05) is 33.3 Å². The summed E-state index contributed by atoms with van der Waals surface area (Å²) in [5.41, 5.74) is 0.613. The van der Waals surface area contributed by atoms with E-state index in [2.05, 4.69) is 5.32 Å². The van der Waals surface area contributed by atoms with Crippen LogP contribution in [0, 0.1) is 5.82 Å². The molecule has 1 N–H and O–H groups in total. The van der Waals surface area contributed by atoms with Gasteiger partial charge in [-0.2, -0.15) is 0 Å². The number of likely N-dealkylation sites (tertiary alicyclic amines) is 1. The summed E-state index contributed by atoms with van der Waals surface area (Å²) in [6, 6.07) is 4.86. The minimum atomic E-state index is -0.333. The zero-order valence-electron chi connectivity index (χ0n) is 15.2. The number of halogens is 1. The second-order valence-corrected chi connectivity index (χ2v) is 7.98. The highest BCUT2D eigenvalue weighted by Crippen LogP contribution is 2.35. The Hall–Kier alpha value is -2.19. The number of hydrogen-bond donors (Lipinski definition) is 1. The second kappa shape index (κ2) is 7.44. The van der Waals surface area contributed by atoms with E-state index in [-0.39, 0.29) is 30.4 Å². The molecule has 8 heteroatoms. The molecule has 2 fully saturated rings. The SMILES string of the molecule is COCc1c(C(=O)N2CCCC(N3CCNC3=O)C2)sc2cccc(F)c12. The van der Waals surface area contributed by atoms with E-state index in [1.165, 1.54) is 17.4 Å². The molecule has 1 aromatic carbocycles. The second-order valence-electron chi connectivity index (χ2n) is 6.93. The summed E-state index contributed by atoms with van der Waals surface area (Å²) in [4.78, 5) is 29.4. The topological polar surface area (TPSA) is 61.9 Å². The molecule has 3 amide bonds. The molecule has 3 heterocycles. The molecule has 1 atom stereocenters. The van der Waals surface area contributed by atoms with Crippen LogP contribution in [0.2, 0.25) is 0 Å². The van der Waals surface area contributed by atoms with Crippen LogP contribution >= 0.6 is 11.3 Å². The van der Waals surface area contributed by atoms with Gasteiger partial charge in [0.15, 0.2) is 0 Å². The highest BCUT2D eigenvalue weighted by Gasteiger charge is 2.34. The smallest absolute Gasteiger partial charge is 0.317 e. The number of rotatable bonds is 4. The number of carbonyl (C=O) groups is 2. The number of hydrogen-bond acceptors (Lipinski definition) is 4. The minimum absolute atomic E-state index is 0.0298. The maximum absolute atomic E-state index is 14.4. The third-order valence-corrected chi connectivity index (χ3v) is 6.45. The Balaban J connectivity index is 1.63. The van der Waals surface area contributed by atoms with Gasteiger partial charge < -0.3 is 19.9 Å². The Morgan fingerprint density at radius 3 is 3.00 bits per heavy atom. The third kappa shape index (κ3) is 3.27. The molecule has 2 aromatic rings. The van der Waals surface area contributed by atoms with Crippen molar-refractivity contribution >= 4 is 33.4 Å². The number of methoxy groups -OCH3 is 1. The molecule has 1 aromatic heterocycles. The number of nitrogens with one attached hydrogen (secondary N) is 1. The van der Waals surface area contributed by atoms with E-state index < -0.39 is 0 Å². The van der Waals surface area contributed by atoms with Crippen LogP contribution in [0.25, 0.3) is 10.1 Å². The summed E-state index contributed by atoms with van der Waals surface area (Å²) in [5.74, 6) is -0.438. The fourth-order valence-electron chi connectivity index (χ4n) is 3.99. The molecule has 0 aliphatic carbocycles. The molecule has 144 valence electrons. The molecule has 0 spiro atoms. The molecular formula is C19H22FN3O3S. The van der Waals surface area contributed by atoms with Gasteiger partial charge >= 0.3 is 6.03 Å². The Labute approximate surface area is 160 Å². The van der Waals surface area contributed by atoms with Gasteiger partial charge in [-0.3, -0.25) is 4.79 Å². The van der Waals surface area contributed by atoms with Gasteiger partial charge in [-0.15, -0.1) is 11.3 Å². The maximum atomic E-state index is 14.4. The van der Waals surface area contributed by atoms with Crippen LogP contribution in [0.4, 0.5) is 9.18 Å². The molecule has 6 nitrogen and oxygen atoms in total. The summed E-state index contributed by atoms with van der Waals surface area (Å²) in [5, 5.41) is 3.29. The first-order valence-corrected chi connectivity index (χ1v) is 9.94. The van der Waals surface area contributed by atoms with Crippen LogP contribution < -0.4 is 5.32 Å². The van der Waals surface area contributed by atoms with Crippen molar-refractivity contribution < 1.29 is 18.7 Å². The normalized spacial score (nSPS) is 20.4. The van der Waals surface area contributed by atoms with Crippen LogP contribution in [0.3, 0.4) is 0 Å². The van der Waals surface area contributed by atoms with Crippen molar-refractivity contribution in [1.82, 2.24) is 15.1 Å². The van der Waals surface area contributed by atoms with E-state index in [9.17, 15) is 14.0 Å². The maximum Gasteiger partial charge on any atom is 0.317 e. The Bertz CT molecular complexity index is 884. The van der Waals surface area contributed by atoms with E-state index in [4.69, 9.17) is 4.74 Å². The predicted molar refractivity (Wildman–Crippen MR) is 102 cm³/mol. The number of benzene rings is 1. The van der Waals surface area contributed by atoms with Gasteiger partial charge in [-0.05, 0) is 25.0 Å². The van der Waals surface area contributed by atoms with Crippen LogP contribution in [0.1, 0.15) is 28.1 Å². The van der Waals surface area contributed by atoms with Crippen LogP contribution in [-0.4, -0.2) is 61.1 Å². The van der Waals surface area contributed by atoms with Crippen molar-refractivity contribution in [1.29, 1.82) is 0 Å². The Morgan fingerprint density at radius 2 is 2.26 bits per heavy atom. The van der Waals surface area contributed by atoms with Crippen molar-refractivity contribution in [3.8, 4) is 0 Å². The molecule has 0 bridgehead atoms. The molecule has 27 heavy (non-hydrogen) atoms.